The third-order valence-electron chi connectivity index (χ3n) is 4.21. The molecule has 0 bridgehead atoms. The summed E-state index contributed by atoms with van der Waals surface area (Å²) in [6.45, 7) is 5.24. The van der Waals surface area contributed by atoms with Crippen LogP contribution in [-0.2, 0) is 22.5 Å². The van der Waals surface area contributed by atoms with Gasteiger partial charge in [0.1, 0.15) is 17.9 Å². The molecule has 0 fully saturated rings. The lowest BCUT2D eigenvalue weighted by atomic mass is 10.1. The molecule has 30 heavy (non-hydrogen) atoms. The van der Waals surface area contributed by atoms with Gasteiger partial charge in [-0.15, -0.1) is 0 Å². The number of para-hydroxylation sites is 1. The van der Waals surface area contributed by atoms with E-state index in [4.69, 9.17) is 4.74 Å². The Balaban J connectivity index is 1.88. The fourth-order valence-electron chi connectivity index (χ4n) is 2.94. The van der Waals surface area contributed by atoms with Crippen molar-refractivity contribution in [3.8, 4) is 5.75 Å². The minimum Gasteiger partial charge on any atom is -0.508 e. The lowest BCUT2D eigenvalue weighted by Gasteiger charge is -2.20. The van der Waals surface area contributed by atoms with E-state index in [0.717, 1.165) is 5.56 Å². The standard InChI is InChI=1S/C21H23N3O5S/c1-21(2,3)29-19(26)13-23-17-12-15(24(27)28)8-9-16(17)22-20(23)30-11-10-14-6-4-5-7-18(14)25/h4-9,12,25H,10-11,13H2,1-3H3. The molecule has 1 heterocycles. The van der Waals surface area contributed by atoms with Crippen LogP contribution in [0, 0.1) is 10.1 Å². The van der Waals surface area contributed by atoms with E-state index in [1.807, 2.05) is 12.1 Å². The molecule has 1 aromatic heterocycles. The Hall–Kier alpha value is -3.07. The van der Waals surface area contributed by atoms with Crippen molar-refractivity contribution >= 4 is 34.5 Å². The van der Waals surface area contributed by atoms with Crippen molar-refractivity contribution in [2.45, 2.75) is 44.5 Å². The molecule has 2 aromatic carbocycles. The number of esters is 1. The Kier molecular flexibility index (Phi) is 6.31. The molecule has 0 aliphatic rings. The highest BCUT2D eigenvalue weighted by atomic mass is 32.2. The number of carbonyl (C=O) groups excluding carboxylic acids is 1. The molecule has 0 amide bonds. The van der Waals surface area contributed by atoms with Crippen LogP contribution in [0.5, 0.6) is 5.75 Å². The number of aryl methyl sites for hydroxylation is 1. The van der Waals surface area contributed by atoms with Gasteiger partial charge in [-0.25, -0.2) is 4.98 Å². The van der Waals surface area contributed by atoms with E-state index in [0.29, 0.717) is 28.4 Å². The number of phenolic OH excluding ortho intramolecular Hbond substituents is 1. The van der Waals surface area contributed by atoms with Crippen LogP contribution in [0.4, 0.5) is 5.69 Å². The van der Waals surface area contributed by atoms with Crippen molar-refractivity contribution in [1.82, 2.24) is 9.55 Å². The summed E-state index contributed by atoms with van der Waals surface area (Å²) >= 11 is 1.41. The number of carbonyl (C=O) groups is 1. The molecular weight excluding hydrogens is 406 g/mol. The normalized spacial score (nSPS) is 11.6. The van der Waals surface area contributed by atoms with Gasteiger partial charge in [0.15, 0.2) is 5.16 Å². The second-order valence-corrected chi connectivity index (χ2v) is 8.79. The average molecular weight is 429 g/mol. The summed E-state index contributed by atoms with van der Waals surface area (Å²) in [5.41, 5.74) is 1.17. The van der Waals surface area contributed by atoms with E-state index in [1.165, 1.54) is 23.9 Å². The van der Waals surface area contributed by atoms with E-state index in [1.54, 1.807) is 43.5 Å². The third-order valence-corrected chi connectivity index (χ3v) is 5.19. The molecular formula is C21H23N3O5S. The summed E-state index contributed by atoms with van der Waals surface area (Å²) in [4.78, 5) is 27.7. The van der Waals surface area contributed by atoms with Gasteiger partial charge >= 0.3 is 5.97 Å². The van der Waals surface area contributed by atoms with E-state index in [9.17, 15) is 20.0 Å². The van der Waals surface area contributed by atoms with E-state index >= 15 is 0 Å². The number of fused-ring (bicyclic) bond motifs is 1. The third kappa shape index (κ3) is 5.29. The number of hydrogen-bond donors (Lipinski definition) is 1. The predicted molar refractivity (Wildman–Crippen MR) is 115 cm³/mol. The monoisotopic (exact) mass is 429 g/mol. The number of ether oxygens (including phenoxy) is 1. The minimum absolute atomic E-state index is 0.0707. The number of nitrogens with zero attached hydrogens (tertiary/aromatic N) is 3. The Labute approximate surface area is 178 Å². The number of rotatable bonds is 7. The molecule has 3 aromatic rings. The first-order valence-corrected chi connectivity index (χ1v) is 10.4. The van der Waals surface area contributed by atoms with Crippen molar-refractivity contribution in [3.05, 3.63) is 58.1 Å². The molecule has 0 atom stereocenters. The van der Waals surface area contributed by atoms with Crippen LogP contribution in [0.1, 0.15) is 26.3 Å². The first-order valence-electron chi connectivity index (χ1n) is 9.40. The highest BCUT2D eigenvalue weighted by molar-refractivity contribution is 7.99. The maximum atomic E-state index is 12.4. The maximum Gasteiger partial charge on any atom is 0.326 e. The first-order chi connectivity index (χ1) is 14.1. The number of nitro benzene ring substituents is 1. The summed E-state index contributed by atoms with van der Waals surface area (Å²) < 4.78 is 7.06. The summed E-state index contributed by atoms with van der Waals surface area (Å²) in [6.07, 6.45) is 0.604. The average Bonchev–Trinajstić information content (AvgIpc) is 2.98. The number of aromatic nitrogens is 2. The van der Waals surface area contributed by atoms with Gasteiger partial charge in [0, 0.05) is 17.9 Å². The maximum absolute atomic E-state index is 12.4. The Morgan fingerprint density at radius 3 is 2.67 bits per heavy atom. The molecule has 158 valence electrons. The lowest BCUT2D eigenvalue weighted by Crippen LogP contribution is -2.26. The zero-order valence-electron chi connectivity index (χ0n) is 17.0. The molecule has 9 heteroatoms. The van der Waals surface area contributed by atoms with Crippen molar-refractivity contribution in [2.75, 3.05) is 5.75 Å². The zero-order valence-corrected chi connectivity index (χ0v) is 17.8. The first kappa shape index (κ1) is 21.6. The number of aromatic hydroxyl groups is 1. The van der Waals surface area contributed by atoms with Crippen LogP contribution in [0.15, 0.2) is 47.6 Å². The van der Waals surface area contributed by atoms with Crippen molar-refractivity contribution in [1.29, 1.82) is 0 Å². The molecule has 1 N–H and O–H groups in total. The lowest BCUT2D eigenvalue weighted by molar-refractivity contribution is -0.384. The SMILES string of the molecule is CC(C)(C)OC(=O)Cn1c(SCCc2ccccc2O)nc2ccc([N+](=O)[O-])cc21. The van der Waals surface area contributed by atoms with E-state index in [-0.39, 0.29) is 18.0 Å². The van der Waals surface area contributed by atoms with Gasteiger partial charge in [-0.1, -0.05) is 30.0 Å². The molecule has 0 unspecified atom stereocenters. The minimum atomic E-state index is -0.641. The summed E-state index contributed by atoms with van der Waals surface area (Å²) in [5.74, 6) is 0.393. The van der Waals surface area contributed by atoms with Gasteiger partial charge in [-0.2, -0.15) is 0 Å². The van der Waals surface area contributed by atoms with E-state index in [2.05, 4.69) is 4.98 Å². The Morgan fingerprint density at radius 2 is 2.00 bits per heavy atom. The number of hydrogen-bond acceptors (Lipinski definition) is 7. The molecule has 0 saturated carbocycles. The molecule has 0 saturated heterocycles. The molecule has 3 rings (SSSR count). The summed E-state index contributed by atoms with van der Waals surface area (Å²) in [6, 6.07) is 11.5. The Bertz CT molecular complexity index is 1090. The molecule has 0 aliphatic carbocycles. The largest absolute Gasteiger partial charge is 0.508 e. The van der Waals surface area contributed by atoms with Crippen molar-refractivity contribution in [3.63, 3.8) is 0 Å². The molecule has 0 spiro atoms. The molecule has 8 nitrogen and oxygen atoms in total. The second-order valence-electron chi connectivity index (χ2n) is 7.72. The summed E-state index contributed by atoms with van der Waals surface area (Å²) in [5, 5.41) is 21.7. The number of phenols is 1. The van der Waals surface area contributed by atoms with Gasteiger partial charge in [0.25, 0.3) is 5.69 Å². The van der Waals surface area contributed by atoms with Gasteiger partial charge < -0.3 is 14.4 Å². The molecule has 0 radical (unpaired) electrons. The van der Waals surface area contributed by atoms with Gasteiger partial charge in [0.05, 0.1) is 16.0 Å². The van der Waals surface area contributed by atoms with Crippen molar-refractivity contribution < 1.29 is 19.6 Å². The topological polar surface area (TPSA) is 107 Å². The highest BCUT2D eigenvalue weighted by Gasteiger charge is 2.21. The van der Waals surface area contributed by atoms with E-state index < -0.39 is 16.5 Å². The van der Waals surface area contributed by atoms with Gasteiger partial charge in [-0.3, -0.25) is 14.9 Å². The smallest absolute Gasteiger partial charge is 0.326 e. The zero-order chi connectivity index (χ0) is 21.9. The van der Waals surface area contributed by atoms with Crippen LogP contribution in [-0.4, -0.2) is 36.9 Å². The fraction of sp³-hybridized carbons (Fsp3) is 0.333. The fourth-order valence-corrected chi connectivity index (χ4v) is 3.93. The number of non-ortho nitro benzene ring substituents is 1. The van der Waals surface area contributed by atoms with Crippen LogP contribution in [0.3, 0.4) is 0 Å². The second kappa shape index (κ2) is 8.74. The number of imidazole rings is 1. The number of benzene rings is 2. The Morgan fingerprint density at radius 1 is 1.27 bits per heavy atom. The van der Waals surface area contributed by atoms with Gasteiger partial charge in [-0.05, 0) is 44.9 Å². The summed E-state index contributed by atoms with van der Waals surface area (Å²) in [7, 11) is 0. The highest BCUT2D eigenvalue weighted by Crippen LogP contribution is 2.29. The van der Waals surface area contributed by atoms with Crippen LogP contribution < -0.4 is 0 Å². The van der Waals surface area contributed by atoms with Gasteiger partial charge in [0.2, 0.25) is 0 Å². The van der Waals surface area contributed by atoms with Crippen LogP contribution in [0.2, 0.25) is 0 Å². The molecule has 0 aliphatic heterocycles. The van der Waals surface area contributed by atoms with Crippen molar-refractivity contribution in [2.24, 2.45) is 0 Å². The predicted octanol–water partition coefficient (Wildman–Crippen LogP) is 4.33. The quantitative estimate of drug-likeness (QED) is 0.258. The number of thioether (sulfide) groups is 1. The van der Waals surface area contributed by atoms with Crippen LogP contribution >= 0.6 is 11.8 Å². The number of nitro groups is 1. The van der Waals surface area contributed by atoms with Crippen LogP contribution in [0.25, 0.3) is 11.0 Å².